The third-order valence-electron chi connectivity index (χ3n) is 4.13. The molecule has 2 heteroatoms. The van der Waals surface area contributed by atoms with E-state index in [0.717, 1.165) is 12.0 Å². The molecule has 1 heterocycles. The largest absolute Gasteiger partial charge is 0.304 e. The standard InChI is InChI=1S/C13H24N2.H2/c1-3-12-4-6-13(7-5-12)15-10-8-14(2)9-11-15;/h3,12-13H,1,4-11H2,2H3;1H. The van der Waals surface area contributed by atoms with E-state index in [0.29, 0.717) is 0 Å². The average Bonchev–Trinajstić information content (AvgIpc) is 2.30. The van der Waals surface area contributed by atoms with Gasteiger partial charge in [0, 0.05) is 33.6 Å². The van der Waals surface area contributed by atoms with Crippen LogP contribution in [0.25, 0.3) is 0 Å². The molecule has 1 aliphatic carbocycles. The molecule has 15 heavy (non-hydrogen) atoms. The third kappa shape index (κ3) is 2.82. The highest BCUT2D eigenvalue weighted by Crippen LogP contribution is 2.28. The molecule has 0 aromatic carbocycles. The summed E-state index contributed by atoms with van der Waals surface area (Å²) in [5.74, 6) is 0.800. The molecule has 0 bridgehead atoms. The lowest BCUT2D eigenvalue weighted by atomic mass is 9.85. The summed E-state index contributed by atoms with van der Waals surface area (Å²) < 4.78 is 0. The van der Waals surface area contributed by atoms with Gasteiger partial charge in [-0.05, 0) is 38.6 Å². The number of rotatable bonds is 2. The van der Waals surface area contributed by atoms with Crippen LogP contribution in [-0.4, -0.2) is 49.1 Å². The van der Waals surface area contributed by atoms with Crippen molar-refractivity contribution in [3.8, 4) is 0 Å². The molecule has 2 nitrogen and oxygen atoms in total. The van der Waals surface area contributed by atoms with Crippen molar-refractivity contribution in [2.45, 2.75) is 31.7 Å². The van der Waals surface area contributed by atoms with Gasteiger partial charge in [0.15, 0.2) is 0 Å². The van der Waals surface area contributed by atoms with Crippen LogP contribution in [0.4, 0.5) is 0 Å². The minimum absolute atomic E-state index is 0. The zero-order chi connectivity index (χ0) is 10.7. The molecule has 0 N–H and O–H groups in total. The first kappa shape index (κ1) is 11.2. The average molecular weight is 210 g/mol. The Kier molecular flexibility index (Phi) is 3.81. The normalized spacial score (nSPS) is 35.3. The summed E-state index contributed by atoms with van der Waals surface area (Å²) in [6, 6.07) is 0.870. The van der Waals surface area contributed by atoms with Crippen LogP contribution in [0, 0.1) is 5.92 Å². The fraction of sp³-hybridized carbons (Fsp3) is 0.846. The second-order valence-corrected chi connectivity index (χ2v) is 5.14. The van der Waals surface area contributed by atoms with E-state index in [-0.39, 0.29) is 1.43 Å². The smallest absolute Gasteiger partial charge is 0.0113 e. The van der Waals surface area contributed by atoms with Gasteiger partial charge in [-0.3, -0.25) is 4.90 Å². The topological polar surface area (TPSA) is 6.48 Å². The van der Waals surface area contributed by atoms with Gasteiger partial charge in [-0.25, -0.2) is 0 Å². The van der Waals surface area contributed by atoms with Gasteiger partial charge in [-0.2, -0.15) is 0 Å². The van der Waals surface area contributed by atoms with Crippen molar-refractivity contribution in [3.05, 3.63) is 12.7 Å². The molecule has 1 saturated carbocycles. The van der Waals surface area contributed by atoms with Gasteiger partial charge in [0.2, 0.25) is 0 Å². The van der Waals surface area contributed by atoms with Crippen molar-refractivity contribution >= 4 is 0 Å². The van der Waals surface area contributed by atoms with Crippen molar-refractivity contribution in [1.29, 1.82) is 0 Å². The summed E-state index contributed by atoms with van der Waals surface area (Å²) in [5, 5.41) is 0. The molecule has 0 amide bonds. The Morgan fingerprint density at radius 2 is 1.67 bits per heavy atom. The number of hydrogen-bond acceptors (Lipinski definition) is 2. The molecule has 2 fully saturated rings. The monoisotopic (exact) mass is 210 g/mol. The van der Waals surface area contributed by atoms with Gasteiger partial charge in [0.25, 0.3) is 0 Å². The van der Waals surface area contributed by atoms with Crippen LogP contribution < -0.4 is 0 Å². The van der Waals surface area contributed by atoms with E-state index in [9.17, 15) is 0 Å². The Balaban J connectivity index is 0.00000128. The van der Waals surface area contributed by atoms with E-state index in [4.69, 9.17) is 0 Å². The van der Waals surface area contributed by atoms with E-state index in [1.165, 1.54) is 51.9 Å². The Hall–Kier alpha value is -0.340. The zero-order valence-electron chi connectivity index (χ0n) is 9.99. The molecule has 1 saturated heterocycles. The van der Waals surface area contributed by atoms with E-state index in [1.54, 1.807) is 0 Å². The van der Waals surface area contributed by atoms with Gasteiger partial charge < -0.3 is 4.90 Å². The molecule has 0 aromatic rings. The maximum Gasteiger partial charge on any atom is 0.0113 e. The van der Waals surface area contributed by atoms with Crippen LogP contribution in [0.5, 0.6) is 0 Å². The molecule has 0 atom stereocenters. The van der Waals surface area contributed by atoms with Crippen LogP contribution in [-0.2, 0) is 0 Å². The van der Waals surface area contributed by atoms with Crippen molar-refractivity contribution in [3.63, 3.8) is 0 Å². The molecule has 0 spiro atoms. The Labute approximate surface area is 95.4 Å². The summed E-state index contributed by atoms with van der Waals surface area (Å²) >= 11 is 0. The van der Waals surface area contributed by atoms with Crippen LogP contribution in [0.1, 0.15) is 27.1 Å². The number of likely N-dealkylation sites (N-methyl/N-ethyl adjacent to an activating group) is 1. The number of piperazine rings is 1. The first-order valence-corrected chi connectivity index (χ1v) is 6.34. The summed E-state index contributed by atoms with van der Waals surface area (Å²) in [6.07, 6.45) is 7.65. The van der Waals surface area contributed by atoms with Gasteiger partial charge in [0.05, 0.1) is 0 Å². The number of nitrogens with zero attached hydrogens (tertiary/aromatic N) is 2. The maximum atomic E-state index is 3.91. The van der Waals surface area contributed by atoms with Crippen molar-refractivity contribution in [2.24, 2.45) is 5.92 Å². The number of allylic oxidation sites excluding steroid dienone is 1. The molecule has 1 aliphatic heterocycles. The molecular formula is C13H26N2. The molecule has 0 aromatic heterocycles. The summed E-state index contributed by atoms with van der Waals surface area (Å²) in [6.45, 7) is 8.97. The first-order valence-electron chi connectivity index (χ1n) is 6.34. The second kappa shape index (κ2) is 5.13. The number of hydrogen-bond donors (Lipinski definition) is 0. The summed E-state index contributed by atoms with van der Waals surface area (Å²) in [4.78, 5) is 5.14. The van der Waals surface area contributed by atoms with Crippen LogP contribution in [0.15, 0.2) is 12.7 Å². The van der Waals surface area contributed by atoms with Gasteiger partial charge >= 0.3 is 0 Å². The molecule has 2 rings (SSSR count). The third-order valence-corrected chi connectivity index (χ3v) is 4.13. The molecular weight excluding hydrogens is 184 g/mol. The predicted molar refractivity (Wildman–Crippen MR) is 67.1 cm³/mol. The lowest BCUT2D eigenvalue weighted by molar-refractivity contribution is 0.0856. The van der Waals surface area contributed by atoms with Crippen LogP contribution >= 0.6 is 0 Å². The van der Waals surface area contributed by atoms with Gasteiger partial charge in [-0.1, -0.05) is 6.08 Å². The highest BCUT2D eigenvalue weighted by atomic mass is 15.3. The molecule has 88 valence electrons. The highest BCUT2D eigenvalue weighted by molar-refractivity contribution is 4.88. The van der Waals surface area contributed by atoms with Crippen LogP contribution in [0.2, 0.25) is 0 Å². The minimum atomic E-state index is 0. The maximum absolute atomic E-state index is 3.91. The van der Waals surface area contributed by atoms with E-state index < -0.39 is 0 Å². The highest BCUT2D eigenvalue weighted by Gasteiger charge is 2.26. The zero-order valence-corrected chi connectivity index (χ0v) is 9.99. The van der Waals surface area contributed by atoms with Crippen molar-refractivity contribution in [1.82, 2.24) is 9.80 Å². The van der Waals surface area contributed by atoms with Crippen molar-refractivity contribution < 1.29 is 1.43 Å². The van der Waals surface area contributed by atoms with Gasteiger partial charge in [0.1, 0.15) is 0 Å². The predicted octanol–water partition coefficient (Wildman–Crippen LogP) is 2.22. The summed E-state index contributed by atoms with van der Waals surface area (Å²) in [5.41, 5.74) is 0. The van der Waals surface area contributed by atoms with E-state index in [2.05, 4.69) is 29.5 Å². The molecule has 2 aliphatic rings. The van der Waals surface area contributed by atoms with Gasteiger partial charge in [-0.15, -0.1) is 6.58 Å². The minimum Gasteiger partial charge on any atom is -0.304 e. The quantitative estimate of drug-likeness (QED) is 0.645. The lowest BCUT2D eigenvalue weighted by Gasteiger charge is -2.40. The molecule has 0 radical (unpaired) electrons. The lowest BCUT2D eigenvalue weighted by Crippen LogP contribution is -2.49. The van der Waals surface area contributed by atoms with E-state index in [1.807, 2.05) is 0 Å². The second-order valence-electron chi connectivity index (χ2n) is 5.14. The van der Waals surface area contributed by atoms with Crippen molar-refractivity contribution in [2.75, 3.05) is 33.2 Å². The Morgan fingerprint density at radius 1 is 1.07 bits per heavy atom. The van der Waals surface area contributed by atoms with E-state index >= 15 is 0 Å². The molecule has 0 unspecified atom stereocenters. The Bertz CT molecular complexity index is 204. The fourth-order valence-electron chi connectivity index (χ4n) is 2.89. The van der Waals surface area contributed by atoms with Crippen LogP contribution in [0.3, 0.4) is 0 Å². The first-order chi connectivity index (χ1) is 7.29. The summed E-state index contributed by atoms with van der Waals surface area (Å²) in [7, 11) is 2.23. The SMILES string of the molecule is C=CC1CCC(N2CCN(C)CC2)CC1.[HH]. The Morgan fingerprint density at radius 3 is 2.20 bits per heavy atom. The fourth-order valence-corrected chi connectivity index (χ4v) is 2.89.